The maximum absolute atomic E-state index is 11.4. The Kier molecular flexibility index (Phi) is 2.40. The van der Waals surface area contributed by atoms with E-state index in [4.69, 9.17) is 0 Å². The molecule has 1 N–H and O–H groups in total. The van der Waals surface area contributed by atoms with Crippen LogP contribution in [0.3, 0.4) is 0 Å². The molecule has 1 unspecified atom stereocenters. The molecule has 2 aromatic rings. The normalized spacial score (nSPS) is 17.0. The Hall–Kier alpha value is -1.84. The van der Waals surface area contributed by atoms with Gasteiger partial charge in [0, 0.05) is 0 Å². The third-order valence-corrected chi connectivity index (χ3v) is 3.81. The van der Waals surface area contributed by atoms with Gasteiger partial charge in [0.05, 0.1) is 17.4 Å². The quantitative estimate of drug-likeness (QED) is 0.903. The van der Waals surface area contributed by atoms with Gasteiger partial charge in [-0.3, -0.25) is 0 Å². The first-order valence-electron chi connectivity index (χ1n) is 6.24. The summed E-state index contributed by atoms with van der Waals surface area (Å²) >= 11 is 0. The number of benzene rings is 1. The molecule has 4 heteroatoms. The molecule has 4 nitrogen and oxygen atoms in total. The Morgan fingerprint density at radius 3 is 2.67 bits per heavy atom. The Balaban J connectivity index is 2.16. The lowest BCUT2D eigenvalue weighted by Crippen LogP contribution is -2.20. The molecule has 3 rings (SSSR count). The molecule has 1 fully saturated rings. The van der Waals surface area contributed by atoms with E-state index in [-0.39, 0.29) is 5.92 Å². The number of fused-ring (bicyclic) bond motifs is 1. The van der Waals surface area contributed by atoms with Crippen molar-refractivity contribution in [3.63, 3.8) is 0 Å². The maximum atomic E-state index is 11.4. The van der Waals surface area contributed by atoms with Crippen LogP contribution in [0.4, 0.5) is 0 Å². The summed E-state index contributed by atoms with van der Waals surface area (Å²) in [5.74, 6) is -0.489. The van der Waals surface area contributed by atoms with Crippen LogP contribution in [0.5, 0.6) is 0 Å². The zero-order valence-corrected chi connectivity index (χ0v) is 10.6. The lowest BCUT2D eigenvalue weighted by atomic mass is 10.1. The number of hydrogen-bond donors (Lipinski definition) is 1. The van der Waals surface area contributed by atoms with E-state index < -0.39 is 12.0 Å². The molecule has 1 aromatic carbocycles. The first-order valence-corrected chi connectivity index (χ1v) is 6.24. The lowest BCUT2D eigenvalue weighted by molar-refractivity contribution is -0.141. The Morgan fingerprint density at radius 2 is 2.06 bits per heavy atom. The zero-order valence-electron chi connectivity index (χ0n) is 10.6. The number of imidazole rings is 1. The highest BCUT2D eigenvalue weighted by atomic mass is 16.4. The van der Waals surface area contributed by atoms with Crippen molar-refractivity contribution >= 4 is 17.0 Å². The molecule has 94 valence electrons. The van der Waals surface area contributed by atoms with Gasteiger partial charge in [-0.2, -0.15) is 0 Å². The van der Waals surface area contributed by atoms with E-state index in [1.807, 2.05) is 30.5 Å². The largest absolute Gasteiger partial charge is 0.480 e. The van der Waals surface area contributed by atoms with Crippen LogP contribution in [0, 0.1) is 19.8 Å². The molecule has 0 spiro atoms. The lowest BCUT2D eigenvalue weighted by Gasteiger charge is -2.14. The van der Waals surface area contributed by atoms with Crippen LogP contribution in [-0.4, -0.2) is 20.6 Å². The van der Waals surface area contributed by atoms with Crippen molar-refractivity contribution in [3.8, 4) is 0 Å². The van der Waals surface area contributed by atoms with Crippen molar-refractivity contribution in [1.29, 1.82) is 0 Å². The van der Waals surface area contributed by atoms with Crippen molar-refractivity contribution in [2.75, 3.05) is 0 Å². The van der Waals surface area contributed by atoms with Crippen molar-refractivity contribution in [2.24, 2.45) is 5.92 Å². The molecule has 1 atom stereocenters. The second-order valence-electron chi connectivity index (χ2n) is 5.20. The maximum Gasteiger partial charge on any atom is 0.327 e. The van der Waals surface area contributed by atoms with Crippen LogP contribution in [0.2, 0.25) is 0 Å². The van der Waals surface area contributed by atoms with Gasteiger partial charge in [-0.05, 0) is 55.9 Å². The zero-order chi connectivity index (χ0) is 12.9. The van der Waals surface area contributed by atoms with E-state index >= 15 is 0 Å². The highest BCUT2D eigenvalue weighted by Crippen LogP contribution is 2.41. The topological polar surface area (TPSA) is 55.1 Å². The van der Waals surface area contributed by atoms with Gasteiger partial charge in [0.1, 0.15) is 6.04 Å². The summed E-state index contributed by atoms with van der Waals surface area (Å²) in [6, 6.07) is 3.60. The number of carboxylic acids is 1. The minimum Gasteiger partial charge on any atom is -0.480 e. The highest BCUT2D eigenvalue weighted by molar-refractivity contribution is 5.81. The van der Waals surface area contributed by atoms with Gasteiger partial charge in [-0.15, -0.1) is 0 Å². The Morgan fingerprint density at radius 1 is 1.39 bits per heavy atom. The first kappa shape index (κ1) is 11.3. The predicted octanol–water partition coefficient (Wildman–Crippen LogP) is 2.69. The summed E-state index contributed by atoms with van der Waals surface area (Å²) in [4.78, 5) is 15.8. The van der Waals surface area contributed by atoms with Crippen LogP contribution in [0.1, 0.15) is 30.0 Å². The molecule has 18 heavy (non-hydrogen) atoms. The molecule has 1 saturated carbocycles. The van der Waals surface area contributed by atoms with Crippen LogP contribution in [0.25, 0.3) is 11.0 Å². The summed E-state index contributed by atoms with van der Waals surface area (Å²) < 4.78 is 1.82. The Bertz CT molecular complexity index is 626. The van der Waals surface area contributed by atoms with E-state index in [0.717, 1.165) is 23.9 Å². The SMILES string of the molecule is Cc1cc2ncn(C(C(=O)O)C3CC3)c2cc1C. The van der Waals surface area contributed by atoms with E-state index in [0.29, 0.717) is 0 Å². The van der Waals surface area contributed by atoms with E-state index in [2.05, 4.69) is 4.98 Å². The molecule has 0 amide bonds. The third-order valence-electron chi connectivity index (χ3n) is 3.81. The molecule has 1 aliphatic carbocycles. The number of aromatic nitrogens is 2. The van der Waals surface area contributed by atoms with Gasteiger partial charge in [0.25, 0.3) is 0 Å². The number of carboxylic acid groups (broad SMARTS) is 1. The van der Waals surface area contributed by atoms with E-state index in [1.54, 1.807) is 6.33 Å². The minimum absolute atomic E-state index is 0.265. The molecule has 1 aromatic heterocycles. The number of carbonyl (C=O) groups is 1. The Labute approximate surface area is 105 Å². The number of aryl methyl sites for hydroxylation is 2. The van der Waals surface area contributed by atoms with Gasteiger partial charge >= 0.3 is 5.97 Å². The minimum atomic E-state index is -0.755. The average Bonchev–Trinajstić information content (AvgIpc) is 3.05. The monoisotopic (exact) mass is 244 g/mol. The fourth-order valence-corrected chi connectivity index (χ4v) is 2.46. The molecule has 1 aliphatic rings. The van der Waals surface area contributed by atoms with E-state index in [9.17, 15) is 9.90 Å². The van der Waals surface area contributed by atoms with Crippen LogP contribution < -0.4 is 0 Å². The van der Waals surface area contributed by atoms with Gasteiger partial charge in [0.2, 0.25) is 0 Å². The van der Waals surface area contributed by atoms with Crippen molar-refractivity contribution in [3.05, 3.63) is 29.6 Å². The second-order valence-corrected chi connectivity index (χ2v) is 5.20. The standard InChI is InChI=1S/C14H16N2O2/c1-8-5-11-12(6-9(8)2)16(7-15-11)13(14(17)18)10-3-4-10/h5-7,10,13H,3-4H2,1-2H3,(H,17,18). The smallest absolute Gasteiger partial charge is 0.327 e. The second kappa shape index (κ2) is 3.83. The van der Waals surface area contributed by atoms with Crippen LogP contribution in [0.15, 0.2) is 18.5 Å². The summed E-state index contributed by atoms with van der Waals surface area (Å²) in [6.45, 7) is 4.09. The molecule has 1 heterocycles. The molecule has 0 bridgehead atoms. The molecule has 0 aliphatic heterocycles. The first-order chi connectivity index (χ1) is 8.58. The van der Waals surface area contributed by atoms with Gasteiger partial charge in [-0.25, -0.2) is 9.78 Å². The molecular weight excluding hydrogens is 228 g/mol. The summed E-state index contributed by atoms with van der Waals surface area (Å²) in [5, 5.41) is 9.39. The number of nitrogens with zero attached hydrogens (tertiary/aromatic N) is 2. The van der Waals surface area contributed by atoms with E-state index in [1.165, 1.54) is 11.1 Å². The summed E-state index contributed by atoms with van der Waals surface area (Å²) in [6.07, 6.45) is 3.67. The average molecular weight is 244 g/mol. The molecule has 0 saturated heterocycles. The van der Waals surface area contributed by atoms with Gasteiger partial charge in [0.15, 0.2) is 0 Å². The number of aliphatic carboxylic acids is 1. The van der Waals surface area contributed by atoms with Crippen molar-refractivity contribution < 1.29 is 9.90 Å². The van der Waals surface area contributed by atoms with Crippen molar-refractivity contribution in [1.82, 2.24) is 9.55 Å². The third kappa shape index (κ3) is 1.68. The van der Waals surface area contributed by atoms with Crippen molar-refractivity contribution in [2.45, 2.75) is 32.7 Å². The van der Waals surface area contributed by atoms with Crippen LogP contribution >= 0.6 is 0 Å². The van der Waals surface area contributed by atoms with Crippen LogP contribution in [-0.2, 0) is 4.79 Å². The highest BCUT2D eigenvalue weighted by Gasteiger charge is 2.38. The molecular formula is C14H16N2O2. The summed E-state index contributed by atoms with van der Waals surface area (Å²) in [7, 11) is 0. The molecule has 0 radical (unpaired) electrons. The number of rotatable bonds is 3. The fourth-order valence-electron chi connectivity index (χ4n) is 2.46. The predicted molar refractivity (Wildman–Crippen MR) is 68.6 cm³/mol. The van der Waals surface area contributed by atoms with Gasteiger partial charge < -0.3 is 9.67 Å². The number of hydrogen-bond acceptors (Lipinski definition) is 2. The fraction of sp³-hybridized carbons (Fsp3) is 0.429. The summed E-state index contributed by atoms with van der Waals surface area (Å²) in [5.41, 5.74) is 4.16. The van der Waals surface area contributed by atoms with Gasteiger partial charge in [-0.1, -0.05) is 0 Å².